The quantitative estimate of drug-likeness (QED) is 0.227. The molecule has 142 valence electrons. The Morgan fingerprint density at radius 1 is 0.875 bits per heavy atom. The third-order valence-electron chi connectivity index (χ3n) is 2.85. The van der Waals surface area contributed by atoms with E-state index < -0.39 is 18.3 Å². The molecule has 0 bridgehead atoms. The van der Waals surface area contributed by atoms with Gasteiger partial charge in [0.1, 0.15) is 5.67 Å². The lowest BCUT2D eigenvalue weighted by molar-refractivity contribution is -0.0282. The maximum absolute atomic E-state index is 10.7. The molecule has 0 aromatic rings. The average Bonchev–Trinajstić information content (AvgIpc) is 2.55. The van der Waals surface area contributed by atoms with Gasteiger partial charge in [0.05, 0.1) is 0 Å². The van der Waals surface area contributed by atoms with Crippen molar-refractivity contribution in [3.05, 3.63) is 0 Å². The summed E-state index contributed by atoms with van der Waals surface area (Å²) in [5.41, 5.74) is -0.376. The van der Waals surface area contributed by atoms with E-state index in [4.69, 9.17) is 26.6 Å². The fraction of sp³-hybridized carbons (Fsp3) is 0.929. The topological polar surface area (TPSA) is 84.8 Å². The maximum atomic E-state index is 10.7. The summed E-state index contributed by atoms with van der Waals surface area (Å²) >= 11 is 0. The molecule has 0 saturated heterocycles. The lowest BCUT2D eigenvalue weighted by atomic mass is 10.4. The van der Waals surface area contributed by atoms with Gasteiger partial charge in [-0.2, -0.15) is 0 Å². The van der Waals surface area contributed by atoms with Gasteiger partial charge in [0.25, 0.3) is 0 Å². The lowest BCUT2D eigenvalue weighted by Gasteiger charge is -2.27. The minimum atomic E-state index is -3.16. The van der Waals surface area contributed by atoms with E-state index in [0.29, 0.717) is 39.5 Å². The van der Waals surface area contributed by atoms with Crippen molar-refractivity contribution >= 4 is 24.4 Å². The van der Waals surface area contributed by atoms with Gasteiger partial charge in [0.15, 0.2) is 0 Å². The number of carbonyl (C=O) groups excluding carboxylic acids is 1. The second-order valence-electron chi connectivity index (χ2n) is 4.50. The van der Waals surface area contributed by atoms with Crippen LogP contribution in [0.25, 0.3) is 0 Å². The number of aliphatic imine (C=N–C) groups is 1. The van der Waals surface area contributed by atoms with E-state index in [1.165, 1.54) is 0 Å². The molecule has 0 aromatic carbocycles. The van der Waals surface area contributed by atoms with Crippen molar-refractivity contribution < 1.29 is 31.4 Å². The minimum Gasteiger partial charge on any atom is -0.396 e. The SMILES string of the molecule is CCO[SiH](OCC)C(CCO[Si](OCC)(OCC)OCC)N=C=O. The molecule has 1 unspecified atom stereocenters. The predicted molar refractivity (Wildman–Crippen MR) is 93.5 cm³/mol. The molecule has 0 radical (unpaired) electrons. The van der Waals surface area contributed by atoms with Crippen LogP contribution in [0.2, 0.25) is 0 Å². The van der Waals surface area contributed by atoms with Crippen molar-refractivity contribution in [3.63, 3.8) is 0 Å². The van der Waals surface area contributed by atoms with Gasteiger partial charge in [-0.05, 0) is 41.0 Å². The molecule has 0 amide bonds. The van der Waals surface area contributed by atoms with Crippen LogP contribution in [0.1, 0.15) is 41.0 Å². The molecular weight excluding hydrogens is 350 g/mol. The minimum absolute atomic E-state index is 0.270. The van der Waals surface area contributed by atoms with Gasteiger partial charge < -0.3 is 26.6 Å². The van der Waals surface area contributed by atoms with Crippen molar-refractivity contribution in [1.82, 2.24) is 0 Å². The highest BCUT2D eigenvalue weighted by Crippen LogP contribution is 2.14. The monoisotopic (exact) mass is 381 g/mol. The van der Waals surface area contributed by atoms with Gasteiger partial charge in [-0.1, -0.05) is 0 Å². The first-order chi connectivity index (χ1) is 11.6. The van der Waals surface area contributed by atoms with E-state index in [9.17, 15) is 4.79 Å². The molecule has 0 aliphatic carbocycles. The molecule has 0 fully saturated rings. The molecule has 0 saturated carbocycles. The summed E-state index contributed by atoms with van der Waals surface area (Å²) in [4.78, 5) is 14.5. The largest absolute Gasteiger partial charge is 0.679 e. The van der Waals surface area contributed by atoms with Crippen LogP contribution in [0, 0.1) is 0 Å². The summed E-state index contributed by atoms with van der Waals surface area (Å²) in [7, 11) is -5.28. The molecule has 0 aromatic heterocycles. The summed E-state index contributed by atoms with van der Waals surface area (Å²) in [5, 5.41) is 0. The summed E-state index contributed by atoms with van der Waals surface area (Å²) in [5.74, 6) is 0. The predicted octanol–water partition coefficient (Wildman–Crippen LogP) is 1.48. The normalized spacial score (nSPS) is 13.1. The Morgan fingerprint density at radius 2 is 1.38 bits per heavy atom. The number of rotatable bonds is 16. The van der Waals surface area contributed by atoms with E-state index in [2.05, 4.69) is 4.99 Å². The molecule has 10 heteroatoms. The number of isocyanates is 1. The van der Waals surface area contributed by atoms with Gasteiger partial charge in [0.2, 0.25) is 6.08 Å². The molecule has 0 heterocycles. The second kappa shape index (κ2) is 14.9. The second-order valence-corrected chi connectivity index (χ2v) is 8.83. The van der Waals surface area contributed by atoms with Crippen LogP contribution in [0.3, 0.4) is 0 Å². The first-order valence-corrected chi connectivity index (χ1v) is 11.7. The fourth-order valence-electron chi connectivity index (χ4n) is 2.01. The van der Waals surface area contributed by atoms with E-state index in [1.54, 1.807) is 6.08 Å². The zero-order chi connectivity index (χ0) is 18.3. The summed E-state index contributed by atoms with van der Waals surface area (Å²) < 4.78 is 33.9. The smallest absolute Gasteiger partial charge is 0.396 e. The summed E-state index contributed by atoms with van der Waals surface area (Å²) in [6.07, 6.45) is 2.05. The van der Waals surface area contributed by atoms with E-state index in [-0.39, 0.29) is 12.3 Å². The molecule has 0 aliphatic heterocycles. The van der Waals surface area contributed by atoms with E-state index in [0.717, 1.165) is 0 Å². The molecule has 8 nitrogen and oxygen atoms in total. The Bertz CT molecular complexity index is 333. The molecule has 0 spiro atoms. The third kappa shape index (κ3) is 9.16. The fourth-order valence-corrected chi connectivity index (χ4v) is 5.73. The highest BCUT2D eigenvalue weighted by molar-refractivity contribution is 6.53. The Balaban J connectivity index is 4.82. The van der Waals surface area contributed by atoms with Crippen molar-refractivity contribution in [2.75, 3.05) is 39.6 Å². The van der Waals surface area contributed by atoms with Crippen molar-refractivity contribution in [2.45, 2.75) is 46.7 Å². The van der Waals surface area contributed by atoms with Gasteiger partial charge in [-0.15, -0.1) is 0 Å². The summed E-state index contributed by atoms with van der Waals surface area (Å²) in [6.45, 7) is 11.9. The lowest BCUT2D eigenvalue weighted by Crippen LogP contribution is -2.50. The average molecular weight is 382 g/mol. The highest BCUT2D eigenvalue weighted by Gasteiger charge is 2.45. The zero-order valence-corrected chi connectivity index (χ0v) is 17.6. The van der Waals surface area contributed by atoms with Crippen LogP contribution >= 0.6 is 0 Å². The van der Waals surface area contributed by atoms with Crippen molar-refractivity contribution in [1.29, 1.82) is 0 Å². The Hall–Kier alpha value is -0.426. The van der Waals surface area contributed by atoms with Crippen molar-refractivity contribution in [2.24, 2.45) is 4.99 Å². The molecule has 0 aliphatic rings. The molecule has 24 heavy (non-hydrogen) atoms. The Morgan fingerprint density at radius 3 is 1.75 bits per heavy atom. The van der Waals surface area contributed by atoms with Crippen LogP contribution in [0.4, 0.5) is 0 Å². The van der Waals surface area contributed by atoms with Crippen molar-refractivity contribution in [3.8, 4) is 0 Å². The first-order valence-electron chi connectivity index (χ1n) is 8.48. The molecule has 1 atom stereocenters. The maximum Gasteiger partial charge on any atom is 0.679 e. The standard InChI is InChI=1S/C14H31NO7Si2/c1-6-17-23(18-7-2)14(15-13-16)11-12-22-24(19-8-3,20-9-4)21-10-5/h14,23H,6-12H2,1-5H3. The van der Waals surface area contributed by atoms with Gasteiger partial charge >= 0.3 is 18.3 Å². The highest BCUT2D eigenvalue weighted by atomic mass is 28.4. The first kappa shape index (κ1) is 23.6. The zero-order valence-electron chi connectivity index (χ0n) is 15.4. The van der Waals surface area contributed by atoms with Gasteiger partial charge in [-0.3, -0.25) is 0 Å². The third-order valence-corrected chi connectivity index (χ3v) is 7.77. The Labute approximate surface area is 147 Å². The molecule has 0 N–H and O–H groups in total. The van der Waals surface area contributed by atoms with Crippen LogP contribution in [0.15, 0.2) is 4.99 Å². The van der Waals surface area contributed by atoms with E-state index in [1.807, 2.05) is 34.6 Å². The van der Waals surface area contributed by atoms with Gasteiger partial charge in [-0.25, -0.2) is 9.79 Å². The summed E-state index contributed by atoms with van der Waals surface area (Å²) in [6, 6.07) is 0. The van der Waals surface area contributed by atoms with Crippen LogP contribution in [-0.4, -0.2) is 69.7 Å². The number of nitrogens with zero attached hydrogens (tertiary/aromatic N) is 1. The van der Waals surface area contributed by atoms with Crippen LogP contribution < -0.4 is 0 Å². The molecule has 0 rings (SSSR count). The van der Waals surface area contributed by atoms with Crippen LogP contribution in [0.5, 0.6) is 0 Å². The van der Waals surface area contributed by atoms with E-state index >= 15 is 0 Å². The molecular formula is C14H31NO7Si2. The van der Waals surface area contributed by atoms with Gasteiger partial charge in [0, 0.05) is 39.6 Å². The van der Waals surface area contributed by atoms with Crippen LogP contribution in [-0.2, 0) is 31.4 Å². The Kier molecular flexibility index (Phi) is 14.6. The number of hydrogen-bond acceptors (Lipinski definition) is 8. The number of hydrogen-bond donors (Lipinski definition) is 0.